The highest BCUT2D eigenvalue weighted by Crippen LogP contribution is 2.24. The molecular weight excluding hydrogens is 452 g/mol. The number of aliphatic hydroxyl groups is 1. The number of carbonyl (C=O) groups is 2. The number of nitrogens with two attached hydrogens (primary N) is 1. The monoisotopic (exact) mass is 486 g/mol. The molecular formula is C22H35ClN4O6. The Kier molecular flexibility index (Phi) is 13.4. The van der Waals surface area contributed by atoms with Crippen LogP contribution < -0.4 is 5.73 Å². The number of ether oxygens (including phenoxy) is 1. The molecule has 0 spiro atoms. The molecule has 0 aliphatic carbocycles. The van der Waals surface area contributed by atoms with Crippen LogP contribution in [0, 0.1) is 11.8 Å². The molecule has 3 unspecified atom stereocenters. The molecule has 2 aliphatic rings. The Balaban J connectivity index is 0.000000263. The van der Waals surface area contributed by atoms with Gasteiger partial charge in [-0.1, -0.05) is 37.0 Å². The van der Waals surface area contributed by atoms with Gasteiger partial charge < -0.3 is 29.5 Å². The average molecular weight is 487 g/mol. The third-order valence-electron chi connectivity index (χ3n) is 5.31. The fourth-order valence-corrected chi connectivity index (χ4v) is 3.67. The van der Waals surface area contributed by atoms with Crippen LogP contribution >= 0.6 is 12.4 Å². The SMILES string of the molecule is CCCC1CC(=O)N(Cc2cnoc2)C1.CCCC1CC(=O)OC1O.Cl.NCc1cnoc1. The molecule has 2 aliphatic heterocycles. The summed E-state index contributed by atoms with van der Waals surface area (Å²) in [6.45, 7) is 6.21. The lowest BCUT2D eigenvalue weighted by Gasteiger charge is -2.14. The summed E-state index contributed by atoms with van der Waals surface area (Å²) >= 11 is 0. The van der Waals surface area contributed by atoms with Crippen molar-refractivity contribution in [2.24, 2.45) is 17.6 Å². The summed E-state index contributed by atoms with van der Waals surface area (Å²) in [7, 11) is 0. The number of likely N-dealkylation sites (tertiary alicyclic amines) is 1. The first-order valence-corrected chi connectivity index (χ1v) is 11.1. The van der Waals surface area contributed by atoms with Crippen molar-refractivity contribution in [2.75, 3.05) is 6.54 Å². The van der Waals surface area contributed by atoms with E-state index in [0.29, 0.717) is 31.8 Å². The van der Waals surface area contributed by atoms with Crippen LogP contribution in [0.25, 0.3) is 0 Å². The van der Waals surface area contributed by atoms with Gasteiger partial charge in [0.15, 0.2) is 0 Å². The van der Waals surface area contributed by atoms with Crippen molar-refractivity contribution in [2.45, 2.75) is 71.8 Å². The highest BCUT2D eigenvalue weighted by molar-refractivity contribution is 5.85. The highest BCUT2D eigenvalue weighted by atomic mass is 35.5. The molecule has 1 amide bonds. The van der Waals surface area contributed by atoms with Crippen molar-refractivity contribution in [3.8, 4) is 0 Å². The molecule has 3 N–H and O–H groups in total. The van der Waals surface area contributed by atoms with Gasteiger partial charge in [-0.2, -0.15) is 0 Å². The normalized spacial score (nSPS) is 21.5. The molecule has 10 nitrogen and oxygen atoms in total. The first-order valence-electron chi connectivity index (χ1n) is 11.1. The number of rotatable bonds is 7. The predicted molar refractivity (Wildman–Crippen MR) is 122 cm³/mol. The van der Waals surface area contributed by atoms with Gasteiger partial charge in [-0.15, -0.1) is 12.4 Å². The predicted octanol–water partition coefficient (Wildman–Crippen LogP) is 3.05. The van der Waals surface area contributed by atoms with Crippen molar-refractivity contribution in [1.82, 2.24) is 15.2 Å². The number of halogens is 1. The van der Waals surface area contributed by atoms with E-state index < -0.39 is 6.29 Å². The van der Waals surface area contributed by atoms with Gasteiger partial charge in [-0.3, -0.25) is 9.59 Å². The molecule has 33 heavy (non-hydrogen) atoms. The molecule has 0 bridgehead atoms. The molecule has 0 radical (unpaired) electrons. The smallest absolute Gasteiger partial charge is 0.308 e. The summed E-state index contributed by atoms with van der Waals surface area (Å²) in [6.07, 6.45) is 10.8. The number of hydrogen-bond acceptors (Lipinski definition) is 9. The third kappa shape index (κ3) is 9.93. The molecule has 2 saturated heterocycles. The number of carbonyl (C=O) groups excluding carboxylic acids is 2. The van der Waals surface area contributed by atoms with Crippen molar-refractivity contribution >= 4 is 24.3 Å². The molecule has 2 aromatic rings. The Bertz CT molecular complexity index is 787. The first-order chi connectivity index (χ1) is 15.5. The average Bonchev–Trinajstić information content (AvgIpc) is 3.55. The van der Waals surface area contributed by atoms with Crippen LogP contribution in [-0.4, -0.2) is 45.0 Å². The molecule has 2 fully saturated rings. The second-order valence-electron chi connectivity index (χ2n) is 8.04. The number of esters is 1. The van der Waals surface area contributed by atoms with E-state index in [0.717, 1.165) is 43.4 Å². The fraction of sp³-hybridized carbons (Fsp3) is 0.636. The van der Waals surface area contributed by atoms with Gasteiger partial charge in [0.25, 0.3) is 0 Å². The second kappa shape index (κ2) is 15.4. The van der Waals surface area contributed by atoms with Gasteiger partial charge in [0.1, 0.15) is 12.5 Å². The summed E-state index contributed by atoms with van der Waals surface area (Å²) in [5.41, 5.74) is 7.10. The zero-order valence-electron chi connectivity index (χ0n) is 19.2. The molecule has 4 rings (SSSR count). The largest absolute Gasteiger partial charge is 0.436 e. The van der Waals surface area contributed by atoms with Crippen molar-refractivity contribution in [3.63, 3.8) is 0 Å². The quantitative estimate of drug-likeness (QED) is 0.563. The number of cyclic esters (lactones) is 1. The van der Waals surface area contributed by atoms with E-state index in [1.54, 1.807) is 18.7 Å². The van der Waals surface area contributed by atoms with E-state index in [1.807, 2.05) is 11.8 Å². The second-order valence-corrected chi connectivity index (χ2v) is 8.04. The number of amides is 1. The fourth-order valence-electron chi connectivity index (χ4n) is 3.67. The van der Waals surface area contributed by atoms with E-state index >= 15 is 0 Å². The van der Waals surface area contributed by atoms with E-state index in [4.69, 9.17) is 15.4 Å². The number of nitrogens with zero attached hydrogens (tertiary/aromatic N) is 3. The minimum absolute atomic E-state index is 0. The lowest BCUT2D eigenvalue weighted by atomic mass is 10.0. The lowest BCUT2D eigenvalue weighted by molar-refractivity contribution is -0.156. The van der Waals surface area contributed by atoms with E-state index in [9.17, 15) is 9.59 Å². The van der Waals surface area contributed by atoms with Gasteiger partial charge >= 0.3 is 5.97 Å². The summed E-state index contributed by atoms with van der Waals surface area (Å²) in [4.78, 5) is 24.1. The van der Waals surface area contributed by atoms with Crippen LogP contribution in [-0.2, 0) is 27.4 Å². The summed E-state index contributed by atoms with van der Waals surface area (Å²) in [5, 5.41) is 16.1. The van der Waals surface area contributed by atoms with Crippen LogP contribution in [0.3, 0.4) is 0 Å². The highest BCUT2D eigenvalue weighted by Gasteiger charge is 2.32. The van der Waals surface area contributed by atoms with Gasteiger partial charge in [-0.25, -0.2) is 0 Å². The Morgan fingerprint density at radius 3 is 2.15 bits per heavy atom. The van der Waals surface area contributed by atoms with Gasteiger partial charge in [0.2, 0.25) is 12.2 Å². The van der Waals surface area contributed by atoms with Crippen molar-refractivity contribution in [1.29, 1.82) is 0 Å². The van der Waals surface area contributed by atoms with Crippen LogP contribution in [0.4, 0.5) is 0 Å². The lowest BCUT2D eigenvalue weighted by Crippen LogP contribution is -2.24. The maximum absolute atomic E-state index is 11.7. The van der Waals surface area contributed by atoms with E-state index in [-0.39, 0.29) is 30.2 Å². The maximum Gasteiger partial charge on any atom is 0.308 e. The van der Waals surface area contributed by atoms with Crippen LogP contribution in [0.1, 0.15) is 63.5 Å². The van der Waals surface area contributed by atoms with Gasteiger partial charge in [0, 0.05) is 36.6 Å². The molecule has 186 valence electrons. The Morgan fingerprint density at radius 1 is 1.06 bits per heavy atom. The van der Waals surface area contributed by atoms with Gasteiger partial charge in [-0.05, 0) is 18.8 Å². The topological polar surface area (TPSA) is 145 Å². The first kappa shape index (κ1) is 28.6. The van der Waals surface area contributed by atoms with Crippen LogP contribution in [0.2, 0.25) is 0 Å². The minimum Gasteiger partial charge on any atom is -0.436 e. The molecule has 0 saturated carbocycles. The summed E-state index contributed by atoms with van der Waals surface area (Å²) < 4.78 is 13.8. The van der Waals surface area contributed by atoms with Crippen LogP contribution in [0.5, 0.6) is 0 Å². The van der Waals surface area contributed by atoms with Crippen molar-refractivity contribution in [3.05, 3.63) is 36.0 Å². The minimum atomic E-state index is -0.840. The Morgan fingerprint density at radius 2 is 1.70 bits per heavy atom. The summed E-state index contributed by atoms with van der Waals surface area (Å²) in [5.74, 6) is 0.570. The number of aromatic nitrogens is 2. The molecule has 2 aromatic heterocycles. The standard InChI is InChI=1S/C11H16N2O2.C7H12O3.C4H6N2O.ClH/c1-2-3-9-4-11(14)13(6-9)7-10-5-12-15-8-10;1-2-3-5-4-6(8)10-7(5)9;5-1-4-2-6-7-3-4;/h5,8-9H,2-4,6-7H2,1H3;5,7,9H,2-4H2,1H3;2-3H,1,5H2;1H. The van der Waals surface area contributed by atoms with E-state index in [1.165, 1.54) is 6.26 Å². The van der Waals surface area contributed by atoms with Gasteiger partial charge in [0.05, 0.1) is 25.4 Å². The zero-order chi connectivity index (χ0) is 23.3. The Labute approximate surface area is 200 Å². The zero-order valence-corrected chi connectivity index (χ0v) is 20.0. The molecule has 4 heterocycles. The number of aliphatic hydroxyl groups excluding tert-OH is 1. The molecule has 0 aromatic carbocycles. The maximum atomic E-state index is 11.7. The molecule has 3 atom stereocenters. The molecule has 11 heteroatoms. The van der Waals surface area contributed by atoms with Crippen LogP contribution in [0.15, 0.2) is 34.0 Å². The van der Waals surface area contributed by atoms with E-state index in [2.05, 4.69) is 26.5 Å². The summed E-state index contributed by atoms with van der Waals surface area (Å²) in [6, 6.07) is 0. The Hall–Kier alpha value is -2.43. The van der Waals surface area contributed by atoms with Crippen molar-refractivity contribution < 1.29 is 28.5 Å². The third-order valence-corrected chi connectivity index (χ3v) is 5.31. The number of hydrogen-bond donors (Lipinski definition) is 2.